The van der Waals surface area contributed by atoms with Crippen molar-refractivity contribution in [2.75, 3.05) is 0 Å². The van der Waals surface area contributed by atoms with Crippen LogP contribution < -0.4 is 5.32 Å². The lowest BCUT2D eigenvalue weighted by Gasteiger charge is -2.23. The minimum absolute atomic E-state index is 0.0899. The normalized spacial score (nSPS) is 12.6. The summed E-state index contributed by atoms with van der Waals surface area (Å²) in [4.78, 5) is 23.4. The molecule has 0 rings (SSSR count). The van der Waals surface area contributed by atoms with Gasteiger partial charge in [0.1, 0.15) is 11.4 Å². The first-order valence-electron chi connectivity index (χ1n) is 7.40. The van der Waals surface area contributed by atoms with E-state index in [1.54, 1.807) is 6.08 Å². The van der Waals surface area contributed by atoms with Crippen LogP contribution in [0.3, 0.4) is 0 Å². The Morgan fingerprint density at radius 3 is 2.45 bits per heavy atom. The fourth-order valence-corrected chi connectivity index (χ4v) is 1.76. The van der Waals surface area contributed by atoms with Gasteiger partial charge in [-0.05, 0) is 40.0 Å². The number of nitrogens with one attached hydrogen (secondary N) is 1. The molecular formula is C16H29NO3. The molecule has 0 aliphatic carbocycles. The number of rotatable bonds is 9. The zero-order valence-corrected chi connectivity index (χ0v) is 13.3. The van der Waals surface area contributed by atoms with E-state index in [1.165, 1.54) is 0 Å². The lowest BCUT2D eigenvalue weighted by atomic mass is 10.0. The Balaban J connectivity index is 4.19. The molecule has 0 aromatic carbocycles. The van der Waals surface area contributed by atoms with Gasteiger partial charge in [0, 0.05) is 18.9 Å². The molecule has 116 valence electrons. The van der Waals surface area contributed by atoms with Gasteiger partial charge in [0.2, 0.25) is 0 Å². The average Bonchev–Trinajstić information content (AvgIpc) is 2.31. The Morgan fingerprint density at radius 2 is 1.95 bits per heavy atom. The molecule has 0 spiro atoms. The van der Waals surface area contributed by atoms with Crippen molar-refractivity contribution in [1.29, 1.82) is 0 Å². The first kappa shape index (κ1) is 18.7. The van der Waals surface area contributed by atoms with E-state index >= 15 is 0 Å². The molecule has 20 heavy (non-hydrogen) atoms. The van der Waals surface area contributed by atoms with E-state index in [1.807, 2.05) is 20.8 Å². The van der Waals surface area contributed by atoms with Gasteiger partial charge in [-0.2, -0.15) is 0 Å². The average molecular weight is 283 g/mol. The molecular weight excluding hydrogens is 254 g/mol. The summed E-state index contributed by atoms with van der Waals surface area (Å²) in [6.07, 6.45) is 5.66. The second-order valence-electron chi connectivity index (χ2n) is 6.05. The molecule has 4 nitrogen and oxygen atoms in total. The van der Waals surface area contributed by atoms with Crippen molar-refractivity contribution in [3.8, 4) is 0 Å². The standard InChI is InChI=1S/C16H29NO3/c1-6-8-10-14(18)12-11-13(9-7-2)17-15(19)20-16(3,4)5/h7,13H,2,6,8-12H2,1,3-5H3,(H,17,19). The fourth-order valence-electron chi connectivity index (χ4n) is 1.76. The van der Waals surface area contributed by atoms with Crippen molar-refractivity contribution in [2.45, 2.75) is 77.9 Å². The van der Waals surface area contributed by atoms with Crippen LogP contribution in [0.4, 0.5) is 4.79 Å². The summed E-state index contributed by atoms with van der Waals surface area (Å²) in [7, 11) is 0. The summed E-state index contributed by atoms with van der Waals surface area (Å²) >= 11 is 0. The number of alkyl carbamates (subject to hydrolysis) is 1. The van der Waals surface area contributed by atoms with Gasteiger partial charge >= 0.3 is 6.09 Å². The van der Waals surface area contributed by atoms with Crippen LogP contribution in [0.1, 0.15) is 66.2 Å². The highest BCUT2D eigenvalue weighted by molar-refractivity contribution is 5.78. The van der Waals surface area contributed by atoms with Crippen molar-refractivity contribution in [2.24, 2.45) is 0 Å². The molecule has 0 heterocycles. The van der Waals surface area contributed by atoms with Crippen molar-refractivity contribution < 1.29 is 14.3 Å². The summed E-state index contributed by atoms with van der Waals surface area (Å²) in [6, 6.07) is -0.0899. The molecule has 0 saturated carbocycles. The number of amides is 1. The van der Waals surface area contributed by atoms with Crippen LogP contribution >= 0.6 is 0 Å². The zero-order valence-electron chi connectivity index (χ0n) is 13.3. The summed E-state index contributed by atoms with van der Waals surface area (Å²) in [6.45, 7) is 11.2. The number of carbonyl (C=O) groups is 2. The monoisotopic (exact) mass is 283 g/mol. The van der Waals surface area contributed by atoms with E-state index in [0.29, 0.717) is 25.7 Å². The van der Waals surface area contributed by atoms with Gasteiger partial charge in [0.25, 0.3) is 0 Å². The summed E-state index contributed by atoms with van der Waals surface area (Å²) in [5.41, 5.74) is -0.514. The van der Waals surface area contributed by atoms with Crippen LogP contribution in [0.5, 0.6) is 0 Å². The molecule has 1 unspecified atom stereocenters. The molecule has 0 aliphatic heterocycles. The van der Waals surface area contributed by atoms with Gasteiger partial charge in [-0.1, -0.05) is 19.4 Å². The molecule has 0 aliphatic rings. The SMILES string of the molecule is C=CCC(CCC(=O)CCCC)NC(=O)OC(C)(C)C. The molecule has 0 bridgehead atoms. The van der Waals surface area contributed by atoms with Crippen molar-refractivity contribution in [3.63, 3.8) is 0 Å². The fraction of sp³-hybridized carbons (Fsp3) is 0.750. The summed E-state index contributed by atoms with van der Waals surface area (Å²) < 4.78 is 5.22. The van der Waals surface area contributed by atoms with E-state index in [-0.39, 0.29) is 11.8 Å². The quantitative estimate of drug-likeness (QED) is 0.651. The Labute approximate surface area is 123 Å². The van der Waals surface area contributed by atoms with Crippen LogP contribution in [-0.2, 0) is 9.53 Å². The molecule has 0 aromatic heterocycles. The molecule has 0 aromatic rings. The third-order valence-corrected chi connectivity index (χ3v) is 2.75. The smallest absolute Gasteiger partial charge is 0.407 e. The third kappa shape index (κ3) is 10.6. The van der Waals surface area contributed by atoms with E-state index in [2.05, 4.69) is 18.8 Å². The minimum Gasteiger partial charge on any atom is -0.444 e. The lowest BCUT2D eigenvalue weighted by molar-refractivity contribution is -0.119. The number of hydrogen-bond donors (Lipinski definition) is 1. The maximum absolute atomic E-state index is 11.7. The maximum Gasteiger partial charge on any atom is 0.407 e. The Hall–Kier alpha value is -1.32. The largest absolute Gasteiger partial charge is 0.444 e. The first-order valence-corrected chi connectivity index (χ1v) is 7.40. The molecule has 1 amide bonds. The van der Waals surface area contributed by atoms with Crippen LogP contribution in [-0.4, -0.2) is 23.5 Å². The van der Waals surface area contributed by atoms with Crippen molar-refractivity contribution >= 4 is 11.9 Å². The Kier molecular flexibility index (Phi) is 8.93. The highest BCUT2D eigenvalue weighted by atomic mass is 16.6. The van der Waals surface area contributed by atoms with Crippen LogP contribution in [0.2, 0.25) is 0 Å². The molecule has 1 atom stereocenters. The predicted molar refractivity (Wildman–Crippen MR) is 81.7 cm³/mol. The van der Waals surface area contributed by atoms with Crippen LogP contribution in [0, 0.1) is 0 Å². The summed E-state index contributed by atoms with van der Waals surface area (Å²) in [5.74, 6) is 0.256. The highest BCUT2D eigenvalue weighted by Gasteiger charge is 2.19. The lowest BCUT2D eigenvalue weighted by Crippen LogP contribution is -2.39. The van der Waals surface area contributed by atoms with Gasteiger partial charge in [-0.15, -0.1) is 6.58 Å². The number of ketones is 1. The summed E-state index contributed by atoms with van der Waals surface area (Å²) in [5, 5.41) is 2.80. The van der Waals surface area contributed by atoms with Crippen LogP contribution in [0.15, 0.2) is 12.7 Å². The molecule has 0 radical (unpaired) electrons. The maximum atomic E-state index is 11.7. The van der Waals surface area contributed by atoms with E-state index in [4.69, 9.17) is 4.74 Å². The first-order chi connectivity index (χ1) is 9.28. The Bertz CT molecular complexity index is 318. The third-order valence-electron chi connectivity index (χ3n) is 2.75. The second-order valence-corrected chi connectivity index (χ2v) is 6.05. The Morgan fingerprint density at radius 1 is 1.30 bits per heavy atom. The number of hydrogen-bond acceptors (Lipinski definition) is 3. The van der Waals surface area contributed by atoms with E-state index < -0.39 is 11.7 Å². The highest BCUT2D eigenvalue weighted by Crippen LogP contribution is 2.10. The van der Waals surface area contributed by atoms with Gasteiger partial charge < -0.3 is 10.1 Å². The molecule has 0 saturated heterocycles. The molecule has 4 heteroatoms. The minimum atomic E-state index is -0.514. The van der Waals surface area contributed by atoms with E-state index in [9.17, 15) is 9.59 Å². The topological polar surface area (TPSA) is 55.4 Å². The zero-order chi connectivity index (χ0) is 15.6. The van der Waals surface area contributed by atoms with Crippen LogP contribution in [0.25, 0.3) is 0 Å². The number of Topliss-reactive ketones (excluding diaryl/α,β-unsaturated/α-hetero) is 1. The van der Waals surface area contributed by atoms with Gasteiger partial charge in [-0.25, -0.2) is 4.79 Å². The van der Waals surface area contributed by atoms with Crippen molar-refractivity contribution in [3.05, 3.63) is 12.7 Å². The molecule has 1 N–H and O–H groups in total. The van der Waals surface area contributed by atoms with Gasteiger partial charge in [0.05, 0.1) is 0 Å². The second kappa shape index (κ2) is 9.56. The predicted octanol–water partition coefficient (Wildman–Crippen LogP) is 4.00. The van der Waals surface area contributed by atoms with Gasteiger partial charge in [0.15, 0.2) is 0 Å². The molecule has 0 fully saturated rings. The van der Waals surface area contributed by atoms with E-state index in [0.717, 1.165) is 12.8 Å². The number of carbonyl (C=O) groups excluding carboxylic acids is 2. The number of ether oxygens (including phenoxy) is 1. The van der Waals surface area contributed by atoms with Gasteiger partial charge in [-0.3, -0.25) is 4.79 Å². The van der Waals surface area contributed by atoms with Crippen molar-refractivity contribution in [1.82, 2.24) is 5.32 Å². The number of unbranched alkanes of at least 4 members (excludes halogenated alkanes) is 1.